The van der Waals surface area contributed by atoms with Gasteiger partial charge >= 0.3 is 23.9 Å². The van der Waals surface area contributed by atoms with E-state index in [1.807, 2.05) is 22.6 Å². The highest BCUT2D eigenvalue weighted by molar-refractivity contribution is 14.1. The zero-order chi connectivity index (χ0) is 24.9. The Labute approximate surface area is 213 Å². The summed E-state index contributed by atoms with van der Waals surface area (Å²) in [5, 5.41) is 0.277. The summed E-state index contributed by atoms with van der Waals surface area (Å²) in [5.41, 5.74) is 0. The Kier molecular flexibility index (Phi) is 10.0. The molecule has 1 saturated heterocycles. The first kappa shape index (κ1) is 27.4. The van der Waals surface area contributed by atoms with Crippen LogP contribution in [0.25, 0.3) is 0 Å². The van der Waals surface area contributed by atoms with Crippen molar-refractivity contribution in [3.63, 3.8) is 0 Å². The third kappa shape index (κ3) is 7.87. The van der Waals surface area contributed by atoms with Crippen LogP contribution in [0.2, 0.25) is 10.0 Å². The molecule has 0 spiro atoms. The number of esters is 4. The molecule has 1 heterocycles. The minimum Gasteiger partial charge on any atom is -0.463 e. The molecule has 5 atom stereocenters. The van der Waals surface area contributed by atoms with Gasteiger partial charge in [-0.25, -0.2) is 0 Å². The summed E-state index contributed by atoms with van der Waals surface area (Å²) in [6.07, 6.45) is -6.63. The highest BCUT2D eigenvalue weighted by Crippen LogP contribution is 2.38. The lowest BCUT2D eigenvalue weighted by atomic mass is 9.98. The van der Waals surface area contributed by atoms with Crippen LogP contribution in [0.1, 0.15) is 27.7 Å². The molecule has 1 aliphatic rings. The first-order valence-electron chi connectivity index (χ1n) is 9.50. The Bertz CT molecular complexity index is 901. The molecule has 13 heteroatoms. The lowest BCUT2D eigenvalue weighted by Gasteiger charge is -2.44. The van der Waals surface area contributed by atoms with Gasteiger partial charge in [-0.2, -0.15) is 0 Å². The summed E-state index contributed by atoms with van der Waals surface area (Å²) in [7, 11) is 0. The number of carbonyl (C=O) groups is 4. The Hall–Kier alpha value is -1.83. The minimum absolute atomic E-state index is 0.0136. The van der Waals surface area contributed by atoms with Crippen molar-refractivity contribution in [2.75, 3.05) is 6.61 Å². The molecule has 33 heavy (non-hydrogen) atoms. The van der Waals surface area contributed by atoms with Crippen LogP contribution >= 0.6 is 45.8 Å². The van der Waals surface area contributed by atoms with Gasteiger partial charge in [0.05, 0.1) is 10.0 Å². The molecule has 1 fully saturated rings. The van der Waals surface area contributed by atoms with Gasteiger partial charge in [-0.1, -0.05) is 23.2 Å². The summed E-state index contributed by atoms with van der Waals surface area (Å²) in [5.74, 6) is -2.87. The van der Waals surface area contributed by atoms with E-state index in [2.05, 4.69) is 0 Å². The van der Waals surface area contributed by atoms with Gasteiger partial charge < -0.3 is 28.4 Å². The van der Waals surface area contributed by atoms with Gasteiger partial charge in [0.15, 0.2) is 18.0 Å². The highest BCUT2D eigenvalue weighted by Gasteiger charge is 2.53. The van der Waals surface area contributed by atoms with Crippen LogP contribution in [0, 0.1) is 3.57 Å². The molecule has 0 N–H and O–H groups in total. The van der Waals surface area contributed by atoms with Crippen molar-refractivity contribution in [1.29, 1.82) is 0 Å². The fourth-order valence-electron chi connectivity index (χ4n) is 3.04. The Morgan fingerprint density at radius 3 is 1.82 bits per heavy atom. The minimum atomic E-state index is -1.43. The number of hydrogen-bond acceptors (Lipinski definition) is 10. The number of hydrogen-bond donors (Lipinski definition) is 0. The zero-order valence-corrected chi connectivity index (χ0v) is 21.6. The van der Waals surface area contributed by atoms with Gasteiger partial charge in [-0.3, -0.25) is 19.2 Å². The van der Waals surface area contributed by atoms with Crippen molar-refractivity contribution in [3.8, 4) is 5.75 Å². The lowest BCUT2D eigenvalue weighted by molar-refractivity contribution is -0.288. The van der Waals surface area contributed by atoms with E-state index in [1.165, 1.54) is 6.92 Å². The van der Waals surface area contributed by atoms with Crippen LogP contribution in [0.4, 0.5) is 0 Å². The van der Waals surface area contributed by atoms with Crippen molar-refractivity contribution in [1.82, 2.24) is 0 Å². The second-order valence-corrected chi connectivity index (χ2v) is 8.94. The van der Waals surface area contributed by atoms with Crippen molar-refractivity contribution in [2.24, 2.45) is 0 Å². The second kappa shape index (κ2) is 12.0. The number of rotatable bonds is 7. The normalized spacial score (nSPS) is 24.4. The number of benzene rings is 1. The maximum Gasteiger partial charge on any atom is 0.303 e. The number of halogens is 3. The highest BCUT2D eigenvalue weighted by atomic mass is 127. The van der Waals surface area contributed by atoms with Crippen LogP contribution in [0.3, 0.4) is 0 Å². The van der Waals surface area contributed by atoms with Gasteiger partial charge in [0.1, 0.15) is 12.7 Å². The molecule has 1 aromatic carbocycles. The Balaban J connectivity index is 2.52. The predicted molar refractivity (Wildman–Crippen MR) is 122 cm³/mol. The van der Waals surface area contributed by atoms with Crippen LogP contribution in [0.15, 0.2) is 12.1 Å². The van der Waals surface area contributed by atoms with Gasteiger partial charge in [-0.15, -0.1) is 0 Å². The van der Waals surface area contributed by atoms with Crippen molar-refractivity contribution in [2.45, 2.75) is 58.4 Å². The monoisotopic (exact) mass is 618 g/mol. The maximum absolute atomic E-state index is 11.8. The molecular weight excluding hydrogens is 598 g/mol. The van der Waals surface area contributed by atoms with E-state index in [1.54, 1.807) is 12.1 Å². The van der Waals surface area contributed by atoms with E-state index in [0.717, 1.165) is 24.3 Å². The molecule has 0 aliphatic carbocycles. The number of ether oxygens (including phenoxy) is 6. The van der Waals surface area contributed by atoms with Crippen LogP contribution in [-0.2, 0) is 42.9 Å². The van der Waals surface area contributed by atoms with E-state index < -0.39 is 54.6 Å². The Morgan fingerprint density at radius 1 is 0.848 bits per heavy atom. The SMILES string of the molecule is CC(=O)OCC1O[C@H](Oc2c(Cl)cc(I)cc2Cl)[C@H](OC(C)=O)C(OC(C)=O)[C@@H]1OC(C)=O. The maximum atomic E-state index is 11.8. The topological polar surface area (TPSA) is 124 Å². The quantitative estimate of drug-likeness (QED) is 0.256. The van der Waals surface area contributed by atoms with E-state index in [9.17, 15) is 19.2 Å². The molecule has 2 unspecified atom stereocenters. The summed E-state index contributed by atoms with van der Waals surface area (Å²) in [4.78, 5) is 46.8. The average molecular weight is 619 g/mol. The van der Waals surface area contributed by atoms with Gasteiger partial charge in [0.25, 0.3) is 0 Å². The van der Waals surface area contributed by atoms with Crippen LogP contribution < -0.4 is 4.74 Å². The molecule has 0 radical (unpaired) electrons. The van der Waals surface area contributed by atoms with Crippen molar-refractivity contribution >= 4 is 69.7 Å². The Morgan fingerprint density at radius 2 is 1.33 bits per heavy atom. The molecule has 1 aromatic rings. The molecule has 0 saturated carbocycles. The van der Waals surface area contributed by atoms with E-state index in [4.69, 9.17) is 51.6 Å². The molecular formula is C20H21Cl2IO10. The summed E-state index contributed by atoms with van der Waals surface area (Å²) >= 11 is 14.5. The fraction of sp³-hybridized carbons (Fsp3) is 0.500. The molecule has 182 valence electrons. The molecule has 2 rings (SSSR count). The predicted octanol–water partition coefficient (Wildman–Crippen LogP) is 3.06. The van der Waals surface area contributed by atoms with Crippen LogP contribution in [0.5, 0.6) is 5.75 Å². The molecule has 0 amide bonds. The van der Waals surface area contributed by atoms with E-state index in [0.29, 0.717) is 0 Å². The molecule has 10 nitrogen and oxygen atoms in total. The third-order valence-corrected chi connectivity index (χ3v) is 5.33. The van der Waals surface area contributed by atoms with Gasteiger partial charge in [0.2, 0.25) is 12.4 Å². The van der Waals surface area contributed by atoms with Crippen molar-refractivity contribution < 1.29 is 47.6 Å². The summed E-state index contributed by atoms with van der Waals surface area (Å²) < 4.78 is 33.4. The second-order valence-electron chi connectivity index (χ2n) is 6.88. The summed E-state index contributed by atoms with van der Waals surface area (Å²) in [6.45, 7) is 4.16. The molecule has 0 bridgehead atoms. The first-order chi connectivity index (χ1) is 15.4. The third-order valence-electron chi connectivity index (χ3n) is 4.15. The zero-order valence-electron chi connectivity index (χ0n) is 18.0. The van der Waals surface area contributed by atoms with E-state index in [-0.39, 0.29) is 22.4 Å². The van der Waals surface area contributed by atoms with Gasteiger partial charge in [-0.05, 0) is 34.7 Å². The molecule has 0 aromatic heterocycles. The van der Waals surface area contributed by atoms with Gasteiger partial charge in [0, 0.05) is 31.3 Å². The number of carbonyl (C=O) groups excluding carboxylic acids is 4. The average Bonchev–Trinajstić information content (AvgIpc) is 2.66. The smallest absolute Gasteiger partial charge is 0.303 e. The summed E-state index contributed by atoms with van der Waals surface area (Å²) in [6, 6.07) is 3.16. The van der Waals surface area contributed by atoms with E-state index >= 15 is 0 Å². The largest absolute Gasteiger partial charge is 0.463 e. The first-order valence-corrected chi connectivity index (χ1v) is 11.3. The standard InChI is InChI=1S/C20H21Cl2IO10/c1-8(24)28-7-15-17(29-9(2)25)18(30-10(3)26)19(31-11(4)27)20(32-15)33-16-13(21)5-12(23)6-14(16)22/h5-6,15,17-20H,7H2,1-4H3/t15?,17-,18?,19-,20-/m1/s1. The lowest BCUT2D eigenvalue weighted by Crippen LogP contribution is -2.63. The van der Waals surface area contributed by atoms with Crippen molar-refractivity contribution in [3.05, 3.63) is 25.7 Å². The fourth-order valence-corrected chi connectivity index (χ4v) is 4.61. The molecule has 1 aliphatic heterocycles. The van der Waals surface area contributed by atoms with Crippen LogP contribution in [-0.4, -0.2) is 61.2 Å².